The van der Waals surface area contributed by atoms with E-state index >= 15 is 0 Å². The van der Waals surface area contributed by atoms with E-state index in [9.17, 15) is 9.18 Å². The van der Waals surface area contributed by atoms with Crippen LogP contribution in [0.15, 0.2) is 42.5 Å². The normalized spacial score (nSPS) is 19.8. The lowest BCUT2D eigenvalue weighted by Crippen LogP contribution is -2.47. The van der Waals surface area contributed by atoms with Gasteiger partial charge < -0.3 is 15.0 Å². The van der Waals surface area contributed by atoms with Gasteiger partial charge in [-0.25, -0.2) is 4.39 Å². The SMILES string of the molecule is O=C([C@@H]1Cc2cc(Cl)ccc2N1)N1CCC(Oc2ccccc2F)CC1. The van der Waals surface area contributed by atoms with Crippen LogP contribution >= 0.6 is 11.6 Å². The Labute approximate surface area is 156 Å². The van der Waals surface area contributed by atoms with Crippen molar-refractivity contribution >= 4 is 23.2 Å². The Kier molecular flexibility index (Phi) is 4.72. The zero-order chi connectivity index (χ0) is 18.1. The van der Waals surface area contributed by atoms with Gasteiger partial charge in [0.15, 0.2) is 11.6 Å². The maximum absolute atomic E-state index is 13.7. The van der Waals surface area contributed by atoms with Gasteiger partial charge in [0.05, 0.1) is 0 Å². The summed E-state index contributed by atoms with van der Waals surface area (Å²) < 4.78 is 19.5. The molecule has 0 bridgehead atoms. The second kappa shape index (κ2) is 7.16. The predicted octanol–water partition coefficient (Wildman–Crippen LogP) is 3.89. The number of ether oxygens (including phenoxy) is 1. The van der Waals surface area contributed by atoms with Crippen molar-refractivity contribution < 1.29 is 13.9 Å². The molecule has 2 aromatic rings. The first-order chi connectivity index (χ1) is 12.6. The predicted molar refractivity (Wildman–Crippen MR) is 99.2 cm³/mol. The Bertz CT molecular complexity index is 821. The molecule has 0 unspecified atom stereocenters. The van der Waals surface area contributed by atoms with Gasteiger partial charge in [0.2, 0.25) is 5.91 Å². The standard InChI is InChI=1S/C20H20ClFN2O2/c21-14-5-6-17-13(11-14)12-18(23-17)20(25)24-9-7-15(8-10-24)26-19-4-2-1-3-16(19)22/h1-6,11,15,18,23H,7-10,12H2/t18-/m0/s1. The molecule has 1 saturated heterocycles. The van der Waals surface area contributed by atoms with Gasteiger partial charge in [-0.2, -0.15) is 0 Å². The van der Waals surface area contributed by atoms with E-state index in [0.29, 0.717) is 37.4 Å². The van der Waals surface area contributed by atoms with E-state index in [4.69, 9.17) is 16.3 Å². The molecule has 26 heavy (non-hydrogen) atoms. The first kappa shape index (κ1) is 17.2. The lowest BCUT2D eigenvalue weighted by atomic mass is 10.0. The smallest absolute Gasteiger partial charge is 0.245 e. The summed E-state index contributed by atoms with van der Waals surface area (Å²) in [6, 6.07) is 11.8. The number of halogens is 2. The zero-order valence-corrected chi connectivity index (χ0v) is 15.0. The molecule has 4 rings (SSSR count). The fourth-order valence-corrected chi connectivity index (χ4v) is 3.81. The molecule has 0 radical (unpaired) electrons. The van der Waals surface area contributed by atoms with Crippen LogP contribution in [-0.2, 0) is 11.2 Å². The van der Waals surface area contributed by atoms with Crippen molar-refractivity contribution in [1.29, 1.82) is 0 Å². The maximum atomic E-state index is 13.7. The summed E-state index contributed by atoms with van der Waals surface area (Å²) in [6.07, 6.45) is 1.99. The Morgan fingerprint density at radius 2 is 1.96 bits per heavy atom. The van der Waals surface area contributed by atoms with Crippen LogP contribution in [0.3, 0.4) is 0 Å². The zero-order valence-electron chi connectivity index (χ0n) is 14.3. The van der Waals surface area contributed by atoms with Crippen LogP contribution in [-0.4, -0.2) is 36.0 Å². The van der Waals surface area contributed by atoms with Crippen molar-refractivity contribution in [3.63, 3.8) is 0 Å². The molecule has 2 aliphatic rings. The Morgan fingerprint density at radius 3 is 2.73 bits per heavy atom. The molecule has 2 heterocycles. The number of carbonyl (C=O) groups excluding carboxylic acids is 1. The average Bonchev–Trinajstić information content (AvgIpc) is 3.07. The number of benzene rings is 2. The third kappa shape index (κ3) is 3.49. The summed E-state index contributed by atoms with van der Waals surface area (Å²) in [5, 5.41) is 3.97. The number of hydrogen-bond acceptors (Lipinski definition) is 3. The molecule has 1 amide bonds. The lowest BCUT2D eigenvalue weighted by Gasteiger charge is -2.33. The molecule has 0 saturated carbocycles. The number of hydrogen-bond donors (Lipinski definition) is 1. The van der Waals surface area contributed by atoms with Gasteiger partial charge in [0, 0.05) is 43.1 Å². The molecular weight excluding hydrogens is 355 g/mol. The summed E-state index contributed by atoms with van der Waals surface area (Å²) >= 11 is 6.03. The highest BCUT2D eigenvalue weighted by atomic mass is 35.5. The van der Waals surface area contributed by atoms with Gasteiger partial charge in [0.1, 0.15) is 12.1 Å². The number of nitrogens with one attached hydrogen (secondary N) is 1. The molecular formula is C20H20ClFN2O2. The van der Waals surface area contributed by atoms with E-state index < -0.39 is 0 Å². The molecule has 2 aliphatic heterocycles. The number of rotatable bonds is 3. The molecule has 2 aromatic carbocycles. The summed E-state index contributed by atoms with van der Waals surface area (Å²) in [7, 11) is 0. The minimum absolute atomic E-state index is 0.0662. The number of piperidine rings is 1. The van der Waals surface area contributed by atoms with Crippen molar-refractivity contribution in [2.45, 2.75) is 31.4 Å². The second-order valence-electron chi connectivity index (χ2n) is 6.78. The third-order valence-electron chi connectivity index (χ3n) is 5.00. The maximum Gasteiger partial charge on any atom is 0.245 e. The molecule has 136 valence electrons. The highest BCUT2D eigenvalue weighted by Gasteiger charge is 2.32. The highest BCUT2D eigenvalue weighted by molar-refractivity contribution is 6.30. The highest BCUT2D eigenvalue weighted by Crippen LogP contribution is 2.30. The number of amides is 1. The average molecular weight is 375 g/mol. The van der Waals surface area contributed by atoms with Gasteiger partial charge >= 0.3 is 0 Å². The molecule has 0 spiro atoms. The number of para-hydroxylation sites is 1. The Balaban J connectivity index is 1.32. The van der Waals surface area contributed by atoms with Crippen LogP contribution < -0.4 is 10.1 Å². The van der Waals surface area contributed by atoms with Gasteiger partial charge in [-0.15, -0.1) is 0 Å². The molecule has 4 nitrogen and oxygen atoms in total. The van der Waals surface area contributed by atoms with Crippen molar-refractivity contribution in [1.82, 2.24) is 4.90 Å². The van der Waals surface area contributed by atoms with Crippen LogP contribution in [0.4, 0.5) is 10.1 Å². The minimum Gasteiger partial charge on any atom is -0.487 e. The van der Waals surface area contributed by atoms with E-state index in [2.05, 4.69) is 5.32 Å². The van der Waals surface area contributed by atoms with Crippen LogP contribution in [0.2, 0.25) is 5.02 Å². The van der Waals surface area contributed by atoms with Gasteiger partial charge in [-0.1, -0.05) is 23.7 Å². The number of anilines is 1. The van der Waals surface area contributed by atoms with Gasteiger partial charge in [-0.3, -0.25) is 4.79 Å². The van der Waals surface area contributed by atoms with Crippen molar-refractivity contribution in [3.8, 4) is 5.75 Å². The monoisotopic (exact) mass is 374 g/mol. The fourth-order valence-electron chi connectivity index (χ4n) is 3.61. The summed E-state index contributed by atoms with van der Waals surface area (Å²) in [4.78, 5) is 14.7. The molecule has 6 heteroatoms. The summed E-state index contributed by atoms with van der Waals surface area (Å²) in [5.41, 5.74) is 2.05. The molecule has 1 N–H and O–H groups in total. The quantitative estimate of drug-likeness (QED) is 0.886. The van der Waals surface area contributed by atoms with Crippen LogP contribution in [0.5, 0.6) is 5.75 Å². The van der Waals surface area contributed by atoms with Crippen LogP contribution in [0, 0.1) is 5.82 Å². The minimum atomic E-state index is -0.349. The first-order valence-corrected chi connectivity index (χ1v) is 9.23. The largest absolute Gasteiger partial charge is 0.487 e. The number of nitrogens with zero attached hydrogens (tertiary/aromatic N) is 1. The molecule has 1 fully saturated rings. The summed E-state index contributed by atoms with van der Waals surface area (Å²) in [5.74, 6) is 0.0290. The van der Waals surface area contributed by atoms with Crippen molar-refractivity contribution in [3.05, 3.63) is 58.9 Å². The van der Waals surface area contributed by atoms with E-state index in [0.717, 1.165) is 11.3 Å². The number of likely N-dealkylation sites (tertiary alicyclic amines) is 1. The second-order valence-corrected chi connectivity index (χ2v) is 7.21. The number of fused-ring (bicyclic) bond motifs is 1. The molecule has 0 aliphatic carbocycles. The lowest BCUT2D eigenvalue weighted by molar-refractivity contribution is -0.133. The Morgan fingerprint density at radius 1 is 1.19 bits per heavy atom. The topological polar surface area (TPSA) is 41.6 Å². The van der Waals surface area contributed by atoms with Gasteiger partial charge in [-0.05, 0) is 35.9 Å². The number of carbonyl (C=O) groups is 1. The van der Waals surface area contributed by atoms with Crippen molar-refractivity contribution in [2.24, 2.45) is 0 Å². The first-order valence-electron chi connectivity index (χ1n) is 8.85. The van der Waals surface area contributed by atoms with E-state index in [1.54, 1.807) is 18.2 Å². The fraction of sp³-hybridized carbons (Fsp3) is 0.350. The van der Waals surface area contributed by atoms with Gasteiger partial charge in [0.25, 0.3) is 0 Å². The molecule has 1 atom stereocenters. The van der Waals surface area contributed by atoms with E-state index in [1.807, 2.05) is 23.1 Å². The Hall–Kier alpha value is -2.27. The van der Waals surface area contributed by atoms with Crippen LogP contribution in [0.25, 0.3) is 0 Å². The van der Waals surface area contributed by atoms with Crippen molar-refractivity contribution in [2.75, 3.05) is 18.4 Å². The van der Waals surface area contributed by atoms with E-state index in [-0.39, 0.29) is 29.6 Å². The van der Waals surface area contributed by atoms with E-state index in [1.165, 1.54) is 6.07 Å². The summed E-state index contributed by atoms with van der Waals surface area (Å²) in [6.45, 7) is 1.24. The van der Waals surface area contributed by atoms with Crippen LogP contribution in [0.1, 0.15) is 18.4 Å². The third-order valence-corrected chi connectivity index (χ3v) is 5.24. The molecule has 0 aromatic heterocycles.